The number of nitrogens with one attached hydrogen (secondary N) is 1. The van der Waals surface area contributed by atoms with Crippen LogP contribution in [0.2, 0.25) is 0 Å². The highest BCUT2D eigenvalue weighted by molar-refractivity contribution is 6.09. The number of methoxy groups -OCH3 is 2. The van der Waals surface area contributed by atoms with Crippen molar-refractivity contribution in [2.45, 2.75) is 19.4 Å². The van der Waals surface area contributed by atoms with Crippen LogP contribution in [0.4, 0.5) is 11.4 Å². The van der Waals surface area contributed by atoms with E-state index in [0.29, 0.717) is 35.5 Å². The van der Waals surface area contributed by atoms with Gasteiger partial charge in [0.15, 0.2) is 0 Å². The van der Waals surface area contributed by atoms with Gasteiger partial charge < -0.3 is 19.4 Å². The van der Waals surface area contributed by atoms with Crippen molar-refractivity contribution < 1.29 is 28.8 Å². The molecule has 1 aliphatic rings. The zero-order chi connectivity index (χ0) is 25.8. The Morgan fingerprint density at radius 2 is 1.72 bits per heavy atom. The Labute approximate surface area is 206 Å². The Kier molecular flexibility index (Phi) is 6.95. The largest absolute Gasteiger partial charge is 0.465 e. The number of nitro groups is 1. The molecule has 3 aromatic rings. The summed E-state index contributed by atoms with van der Waals surface area (Å²) in [7, 11) is 2.53. The van der Waals surface area contributed by atoms with Crippen LogP contribution < -0.4 is 5.32 Å². The van der Waals surface area contributed by atoms with Gasteiger partial charge in [-0.15, -0.1) is 0 Å². The minimum atomic E-state index is -0.629. The van der Waals surface area contributed by atoms with Gasteiger partial charge in [-0.1, -0.05) is 24.3 Å². The number of carbonyl (C=O) groups is 3. The molecule has 0 bridgehead atoms. The van der Waals surface area contributed by atoms with Crippen LogP contribution in [0.1, 0.15) is 38.4 Å². The van der Waals surface area contributed by atoms with Gasteiger partial charge in [0.25, 0.3) is 5.69 Å². The second-order valence-electron chi connectivity index (χ2n) is 8.04. The van der Waals surface area contributed by atoms with Crippen molar-refractivity contribution in [2.75, 3.05) is 19.5 Å². The predicted octanol–water partition coefficient (Wildman–Crippen LogP) is 4.23. The number of nitrogens with zero attached hydrogens (tertiary/aromatic N) is 2. The van der Waals surface area contributed by atoms with E-state index in [1.807, 2.05) is 4.57 Å². The van der Waals surface area contributed by atoms with E-state index in [9.17, 15) is 24.5 Å². The van der Waals surface area contributed by atoms with Gasteiger partial charge in [-0.3, -0.25) is 14.9 Å². The van der Waals surface area contributed by atoms with Crippen molar-refractivity contribution in [3.8, 4) is 11.3 Å². The molecule has 1 N–H and O–H groups in total. The van der Waals surface area contributed by atoms with Crippen LogP contribution >= 0.6 is 0 Å². The number of hydrogen-bond donors (Lipinski definition) is 1. The lowest BCUT2D eigenvalue weighted by atomic mass is 10.0. The number of non-ortho nitro benzene ring substituents is 1. The summed E-state index contributed by atoms with van der Waals surface area (Å²) in [5.41, 5.74) is 3.34. The third-order valence-corrected chi connectivity index (χ3v) is 5.88. The normalized spacial score (nSPS) is 12.3. The number of nitro benzene ring substituents is 1. The second kappa shape index (κ2) is 10.3. The Morgan fingerprint density at radius 3 is 2.39 bits per heavy atom. The molecule has 1 aliphatic heterocycles. The average Bonchev–Trinajstić information content (AvgIpc) is 3.48. The van der Waals surface area contributed by atoms with Crippen molar-refractivity contribution >= 4 is 35.3 Å². The lowest BCUT2D eigenvalue weighted by Crippen LogP contribution is -2.12. The van der Waals surface area contributed by atoms with Crippen molar-refractivity contribution in [3.63, 3.8) is 0 Å². The lowest BCUT2D eigenvalue weighted by molar-refractivity contribution is -0.384. The number of fused-ring (bicyclic) bond motifs is 1. The molecule has 10 heteroatoms. The van der Waals surface area contributed by atoms with Crippen LogP contribution in [-0.2, 0) is 27.2 Å². The number of esters is 2. The van der Waals surface area contributed by atoms with Gasteiger partial charge in [0.05, 0.1) is 30.4 Å². The third-order valence-electron chi connectivity index (χ3n) is 5.88. The molecule has 2 aromatic carbocycles. The van der Waals surface area contributed by atoms with Crippen molar-refractivity contribution in [3.05, 3.63) is 87.1 Å². The molecule has 2 heterocycles. The van der Waals surface area contributed by atoms with Crippen LogP contribution in [0.15, 0.2) is 54.6 Å². The second-order valence-corrected chi connectivity index (χ2v) is 8.04. The predicted molar refractivity (Wildman–Crippen MR) is 132 cm³/mol. The number of benzene rings is 2. The fraction of sp³-hybridized carbons (Fsp3) is 0.192. The van der Waals surface area contributed by atoms with Crippen LogP contribution in [0, 0.1) is 10.1 Å². The first kappa shape index (κ1) is 24.4. The number of hydrogen-bond acceptors (Lipinski definition) is 7. The lowest BCUT2D eigenvalue weighted by Gasteiger charge is -2.10. The molecular formula is C26H23N3O7. The third kappa shape index (κ3) is 4.74. The van der Waals surface area contributed by atoms with E-state index in [-0.39, 0.29) is 16.8 Å². The Morgan fingerprint density at radius 1 is 1.03 bits per heavy atom. The van der Waals surface area contributed by atoms with Gasteiger partial charge in [-0.2, -0.15) is 0 Å². The summed E-state index contributed by atoms with van der Waals surface area (Å²) in [6.07, 6.45) is 4.24. The summed E-state index contributed by atoms with van der Waals surface area (Å²) >= 11 is 0. The molecule has 0 aliphatic carbocycles. The molecule has 1 aromatic heterocycles. The Bertz CT molecular complexity index is 1390. The molecule has 4 rings (SSSR count). The highest BCUT2D eigenvalue weighted by atomic mass is 16.6. The van der Waals surface area contributed by atoms with Crippen molar-refractivity contribution in [1.82, 2.24) is 4.57 Å². The number of carbonyl (C=O) groups excluding carboxylic acids is 3. The smallest absolute Gasteiger partial charge is 0.340 e. The highest BCUT2D eigenvalue weighted by Crippen LogP contribution is 2.37. The molecule has 0 radical (unpaired) electrons. The van der Waals surface area contributed by atoms with Crippen LogP contribution in [0.5, 0.6) is 0 Å². The van der Waals surface area contributed by atoms with Gasteiger partial charge in [-0.25, -0.2) is 9.59 Å². The van der Waals surface area contributed by atoms with E-state index in [0.717, 1.165) is 12.1 Å². The standard InChI is InChI=1S/C26H23N3O7/c1-35-25(31)22-20-7-4-14-28(20)24(23(22)26(32)36-2)17-9-11-18(12-10-17)27-21(30)13-8-16-5-3-6-19(15-16)29(33)34/h3,5-6,8-13,15H,4,7,14H2,1-2H3,(H,27,30)/b13-8+. The fourth-order valence-electron chi connectivity index (χ4n) is 4.31. The zero-order valence-corrected chi connectivity index (χ0v) is 19.6. The SMILES string of the molecule is COC(=O)c1c(C(=O)OC)c(-c2ccc(NC(=O)/C=C/c3cccc([N+](=O)[O-])c3)cc2)n2c1CCC2. The molecule has 0 spiro atoms. The van der Waals surface area contributed by atoms with Gasteiger partial charge in [0, 0.05) is 36.1 Å². The molecule has 0 unspecified atom stereocenters. The molecule has 0 saturated heterocycles. The summed E-state index contributed by atoms with van der Waals surface area (Å²) in [6.45, 7) is 0.645. The van der Waals surface area contributed by atoms with E-state index in [1.165, 1.54) is 38.5 Å². The Balaban J connectivity index is 1.58. The van der Waals surface area contributed by atoms with Gasteiger partial charge in [-0.05, 0) is 42.2 Å². The molecular weight excluding hydrogens is 466 g/mol. The maximum Gasteiger partial charge on any atom is 0.340 e. The number of anilines is 1. The molecule has 0 atom stereocenters. The van der Waals surface area contributed by atoms with Gasteiger partial charge in [0.2, 0.25) is 5.91 Å². The van der Waals surface area contributed by atoms with Crippen molar-refractivity contribution in [2.24, 2.45) is 0 Å². The van der Waals surface area contributed by atoms with Crippen LogP contribution in [-0.4, -0.2) is 41.6 Å². The molecule has 0 fully saturated rings. The summed E-state index contributed by atoms with van der Waals surface area (Å²) in [5.74, 6) is -1.64. The zero-order valence-electron chi connectivity index (χ0n) is 19.6. The van der Waals surface area contributed by atoms with E-state index in [2.05, 4.69) is 5.32 Å². The summed E-state index contributed by atoms with van der Waals surface area (Å²) in [6, 6.07) is 12.8. The maximum atomic E-state index is 12.7. The van der Waals surface area contributed by atoms with Crippen molar-refractivity contribution in [1.29, 1.82) is 0 Å². The van der Waals surface area contributed by atoms with Crippen LogP contribution in [0.3, 0.4) is 0 Å². The van der Waals surface area contributed by atoms with Gasteiger partial charge in [0.1, 0.15) is 5.56 Å². The van der Waals surface area contributed by atoms with E-state index >= 15 is 0 Å². The van der Waals surface area contributed by atoms with Crippen LogP contribution in [0.25, 0.3) is 17.3 Å². The maximum absolute atomic E-state index is 12.7. The first-order chi connectivity index (χ1) is 17.3. The average molecular weight is 489 g/mol. The molecule has 36 heavy (non-hydrogen) atoms. The van der Waals surface area contributed by atoms with E-state index < -0.39 is 22.8 Å². The number of aromatic nitrogens is 1. The highest BCUT2D eigenvalue weighted by Gasteiger charge is 2.34. The first-order valence-corrected chi connectivity index (χ1v) is 11.1. The fourth-order valence-corrected chi connectivity index (χ4v) is 4.31. The van der Waals surface area contributed by atoms with E-state index in [1.54, 1.807) is 36.4 Å². The number of rotatable bonds is 7. The quantitative estimate of drug-likeness (QED) is 0.227. The minimum Gasteiger partial charge on any atom is -0.465 e. The van der Waals surface area contributed by atoms with E-state index in [4.69, 9.17) is 9.47 Å². The molecule has 0 saturated carbocycles. The molecule has 184 valence electrons. The topological polar surface area (TPSA) is 130 Å². The summed E-state index contributed by atoms with van der Waals surface area (Å²) < 4.78 is 11.8. The molecule has 10 nitrogen and oxygen atoms in total. The number of amides is 1. The monoisotopic (exact) mass is 489 g/mol. The summed E-state index contributed by atoms with van der Waals surface area (Å²) in [4.78, 5) is 47.9. The molecule has 1 amide bonds. The Hall–Kier alpha value is -4.73. The minimum absolute atomic E-state index is 0.0632. The first-order valence-electron chi connectivity index (χ1n) is 11.1. The van der Waals surface area contributed by atoms with Gasteiger partial charge >= 0.3 is 11.9 Å². The summed E-state index contributed by atoms with van der Waals surface area (Å²) in [5, 5.41) is 13.6. The number of ether oxygens (including phenoxy) is 2.